The number of likely N-dealkylation sites (tertiary alicyclic amines) is 1. The first-order valence-corrected chi connectivity index (χ1v) is 8.95. The minimum Gasteiger partial charge on any atom is -0.443 e. The number of rotatable bonds is 1. The van der Waals surface area contributed by atoms with Gasteiger partial charge in [0.1, 0.15) is 10.6 Å². The van der Waals surface area contributed by atoms with E-state index in [1.54, 1.807) is 4.57 Å². The summed E-state index contributed by atoms with van der Waals surface area (Å²) in [5.41, 5.74) is 0.498. The molecule has 1 saturated heterocycles. The molecule has 126 valence electrons. The summed E-state index contributed by atoms with van der Waals surface area (Å²) in [7, 11) is 2.11. The normalized spacial score (nSPS) is 24.4. The lowest BCUT2D eigenvalue weighted by atomic mass is 10.1. The van der Waals surface area contributed by atoms with Gasteiger partial charge in [0.25, 0.3) is 0 Å². The molecule has 1 aromatic heterocycles. The summed E-state index contributed by atoms with van der Waals surface area (Å²) in [4.78, 5) is 15.2. The van der Waals surface area contributed by atoms with E-state index in [1.807, 2.05) is 33.0 Å². The minimum absolute atomic E-state index is 0.0141. The van der Waals surface area contributed by atoms with Gasteiger partial charge in [0.15, 0.2) is 0 Å². The van der Waals surface area contributed by atoms with E-state index in [4.69, 9.17) is 4.74 Å². The van der Waals surface area contributed by atoms with Crippen molar-refractivity contribution in [2.75, 3.05) is 13.6 Å². The van der Waals surface area contributed by atoms with Crippen LogP contribution >= 0.6 is 15.9 Å². The van der Waals surface area contributed by atoms with E-state index in [2.05, 4.69) is 39.3 Å². The molecule has 5 nitrogen and oxygen atoms in total. The molecule has 2 aliphatic rings. The molecule has 0 aromatic carbocycles. The Kier molecular flexibility index (Phi) is 4.31. The van der Waals surface area contributed by atoms with E-state index in [0.717, 1.165) is 35.6 Å². The van der Waals surface area contributed by atoms with Gasteiger partial charge in [-0.2, -0.15) is 0 Å². The van der Waals surface area contributed by atoms with E-state index >= 15 is 0 Å². The Morgan fingerprint density at radius 1 is 1.43 bits per heavy atom. The maximum atomic E-state index is 12.8. The standard InChI is InChI=1S/C17H24BrN3O2/c1-17(2,3)23-16(22)21-13-9-15(18)19-10-11(13)8-14(21)12-6-5-7-20(12)4/h8-10,12,15,19H,5-7H2,1-4H3/t12-,15?/m1/s1. The molecule has 0 radical (unpaired) electrons. The molecule has 1 fully saturated rings. The zero-order chi connectivity index (χ0) is 16.8. The summed E-state index contributed by atoms with van der Waals surface area (Å²) in [5, 5.41) is 5.15. The van der Waals surface area contributed by atoms with Gasteiger partial charge >= 0.3 is 6.09 Å². The lowest BCUT2D eigenvalue weighted by Crippen LogP contribution is -2.42. The first kappa shape index (κ1) is 16.6. The molecular formula is C17H24BrN3O2. The second-order valence-electron chi connectivity index (χ2n) is 7.24. The van der Waals surface area contributed by atoms with Gasteiger partial charge in [-0.05, 0) is 59.3 Å². The van der Waals surface area contributed by atoms with Crippen LogP contribution in [-0.2, 0) is 4.74 Å². The maximum Gasteiger partial charge on any atom is 0.419 e. The van der Waals surface area contributed by atoms with Crippen molar-refractivity contribution in [2.45, 2.75) is 50.2 Å². The molecule has 0 bridgehead atoms. The number of halogens is 1. The number of aromatic nitrogens is 1. The van der Waals surface area contributed by atoms with Crippen LogP contribution in [0.15, 0.2) is 6.07 Å². The van der Waals surface area contributed by atoms with E-state index in [1.165, 1.54) is 0 Å². The molecule has 0 amide bonds. The Hall–Kier alpha value is -1.27. The predicted octanol–water partition coefficient (Wildman–Crippen LogP) is 1.88. The molecule has 2 atom stereocenters. The van der Waals surface area contributed by atoms with Crippen LogP contribution in [0.5, 0.6) is 0 Å². The van der Waals surface area contributed by atoms with Gasteiger partial charge < -0.3 is 10.1 Å². The first-order chi connectivity index (χ1) is 10.8. The zero-order valence-corrected chi connectivity index (χ0v) is 15.7. The third-order valence-corrected chi connectivity index (χ3v) is 4.77. The highest BCUT2D eigenvalue weighted by atomic mass is 79.9. The summed E-state index contributed by atoms with van der Waals surface area (Å²) in [6.45, 7) is 6.74. The number of fused-ring (bicyclic) bond motifs is 1. The number of hydrogen-bond acceptors (Lipinski definition) is 4. The Balaban J connectivity index is 2.13. The molecule has 23 heavy (non-hydrogen) atoms. The fourth-order valence-corrected chi connectivity index (χ4v) is 3.63. The van der Waals surface area contributed by atoms with Crippen molar-refractivity contribution in [1.29, 1.82) is 0 Å². The lowest BCUT2D eigenvalue weighted by Gasteiger charge is -2.24. The van der Waals surface area contributed by atoms with Crippen molar-refractivity contribution in [1.82, 2.24) is 14.8 Å². The fraction of sp³-hybridized carbons (Fsp3) is 0.588. The van der Waals surface area contributed by atoms with E-state index in [-0.39, 0.29) is 17.1 Å². The summed E-state index contributed by atoms with van der Waals surface area (Å²) in [6, 6.07) is 2.36. The van der Waals surface area contributed by atoms with Gasteiger partial charge in [-0.25, -0.2) is 9.36 Å². The Bertz CT molecular complexity index is 732. The van der Waals surface area contributed by atoms with Crippen LogP contribution in [0.1, 0.15) is 45.3 Å². The molecular weight excluding hydrogens is 358 g/mol. The van der Waals surface area contributed by atoms with Crippen molar-refractivity contribution in [3.05, 3.63) is 22.3 Å². The highest BCUT2D eigenvalue weighted by molar-refractivity contribution is 9.09. The number of ether oxygens (including phenoxy) is 1. The Labute approximate surface area is 145 Å². The number of nitrogens with zero attached hydrogens (tertiary/aromatic N) is 2. The van der Waals surface area contributed by atoms with Gasteiger partial charge in [0, 0.05) is 17.1 Å². The maximum absolute atomic E-state index is 12.8. The molecule has 1 aromatic rings. The molecule has 3 rings (SSSR count). The molecule has 1 unspecified atom stereocenters. The summed E-state index contributed by atoms with van der Waals surface area (Å²) in [5.74, 6) is 0. The van der Waals surface area contributed by atoms with Crippen LogP contribution in [0, 0.1) is 0 Å². The zero-order valence-electron chi connectivity index (χ0n) is 14.1. The highest BCUT2D eigenvalue weighted by Gasteiger charge is 2.30. The summed E-state index contributed by atoms with van der Waals surface area (Å²) >= 11 is 3.53. The van der Waals surface area contributed by atoms with Gasteiger partial charge in [0.05, 0.1) is 11.4 Å². The van der Waals surface area contributed by atoms with Crippen molar-refractivity contribution in [3.63, 3.8) is 0 Å². The quantitative estimate of drug-likeness (QED) is 0.595. The molecule has 0 saturated carbocycles. The van der Waals surface area contributed by atoms with E-state index in [9.17, 15) is 4.79 Å². The summed E-state index contributed by atoms with van der Waals surface area (Å²) < 4.78 is 7.40. The van der Waals surface area contributed by atoms with Crippen molar-refractivity contribution >= 4 is 34.3 Å². The lowest BCUT2D eigenvalue weighted by molar-refractivity contribution is 0.0522. The molecule has 1 N–H and O–H groups in total. The molecule has 2 aliphatic heterocycles. The third kappa shape index (κ3) is 3.33. The predicted molar refractivity (Wildman–Crippen MR) is 94.7 cm³/mol. The number of hydrogen-bond donors (Lipinski definition) is 1. The Morgan fingerprint density at radius 3 is 2.78 bits per heavy atom. The summed E-state index contributed by atoms with van der Waals surface area (Å²) in [6.07, 6.45) is 5.87. The molecule has 3 heterocycles. The number of carbonyl (C=O) groups is 1. The molecule has 0 aliphatic carbocycles. The van der Waals surface area contributed by atoms with Gasteiger partial charge in [-0.1, -0.05) is 15.9 Å². The first-order valence-electron chi connectivity index (χ1n) is 8.04. The van der Waals surface area contributed by atoms with Gasteiger partial charge in [-0.3, -0.25) is 4.90 Å². The highest BCUT2D eigenvalue weighted by Crippen LogP contribution is 2.29. The van der Waals surface area contributed by atoms with Gasteiger partial charge in [0.2, 0.25) is 0 Å². The van der Waals surface area contributed by atoms with Crippen LogP contribution < -0.4 is 15.9 Å². The third-order valence-electron chi connectivity index (χ3n) is 4.24. The fourth-order valence-electron chi connectivity index (χ4n) is 3.25. The van der Waals surface area contributed by atoms with Crippen LogP contribution in [-0.4, -0.2) is 39.7 Å². The Morgan fingerprint density at radius 2 is 2.17 bits per heavy atom. The van der Waals surface area contributed by atoms with E-state index in [0.29, 0.717) is 0 Å². The van der Waals surface area contributed by atoms with Crippen LogP contribution in [0.4, 0.5) is 4.79 Å². The van der Waals surface area contributed by atoms with Crippen LogP contribution in [0.2, 0.25) is 0 Å². The average molecular weight is 382 g/mol. The molecule has 0 spiro atoms. The monoisotopic (exact) mass is 381 g/mol. The minimum atomic E-state index is -0.516. The van der Waals surface area contributed by atoms with E-state index < -0.39 is 5.60 Å². The molecule has 6 heteroatoms. The smallest absolute Gasteiger partial charge is 0.419 e. The second kappa shape index (κ2) is 5.98. The van der Waals surface area contributed by atoms with Crippen LogP contribution in [0.3, 0.4) is 0 Å². The van der Waals surface area contributed by atoms with Crippen molar-refractivity contribution in [2.24, 2.45) is 0 Å². The number of nitrogens with one attached hydrogen (secondary N) is 1. The van der Waals surface area contributed by atoms with Crippen molar-refractivity contribution in [3.8, 4) is 0 Å². The SMILES string of the molecule is CN1CCC[C@@H]1c1cc2c(n1C(=O)OC(C)(C)C)=CC(Br)NC=2. The number of carbonyl (C=O) groups excluding carboxylic acids is 1. The largest absolute Gasteiger partial charge is 0.443 e. The van der Waals surface area contributed by atoms with Crippen molar-refractivity contribution < 1.29 is 9.53 Å². The topological polar surface area (TPSA) is 46.5 Å². The van der Waals surface area contributed by atoms with Crippen LogP contribution in [0.25, 0.3) is 12.3 Å². The van der Waals surface area contributed by atoms with Gasteiger partial charge in [-0.15, -0.1) is 0 Å². The number of alkyl halides is 1. The second-order valence-corrected chi connectivity index (χ2v) is 8.23. The average Bonchev–Trinajstić information content (AvgIpc) is 2.99.